The first-order chi connectivity index (χ1) is 9.72. The molecule has 0 saturated carbocycles. The van der Waals surface area contributed by atoms with Crippen molar-refractivity contribution in [2.75, 3.05) is 11.6 Å². The van der Waals surface area contributed by atoms with Gasteiger partial charge in [-0.3, -0.25) is 0 Å². The second-order valence-electron chi connectivity index (χ2n) is 4.49. The smallest absolute Gasteiger partial charge is 0.326 e. The molecule has 0 bridgehead atoms. The van der Waals surface area contributed by atoms with E-state index in [1.165, 1.54) is 4.90 Å². The van der Waals surface area contributed by atoms with Crippen LogP contribution in [-0.4, -0.2) is 29.0 Å². The minimum absolute atomic E-state index is 0.339. The van der Waals surface area contributed by atoms with E-state index in [9.17, 15) is 15.0 Å². The molecule has 0 aliphatic rings. The van der Waals surface area contributed by atoms with Crippen molar-refractivity contribution < 1.29 is 15.0 Å². The summed E-state index contributed by atoms with van der Waals surface area (Å²) in [4.78, 5) is 13.0. The van der Waals surface area contributed by atoms with Gasteiger partial charge < -0.3 is 15.1 Å². The lowest BCUT2D eigenvalue weighted by Gasteiger charge is -2.29. The van der Waals surface area contributed by atoms with Crippen LogP contribution in [0.4, 0.5) is 5.69 Å². The Balaban J connectivity index is 2.25. The maximum Gasteiger partial charge on any atom is 0.326 e. The number of carboxylic acid groups (broad SMARTS) is 1. The van der Waals surface area contributed by atoms with Gasteiger partial charge in [0.1, 0.15) is 12.8 Å². The number of para-hydroxylation sites is 1. The van der Waals surface area contributed by atoms with Gasteiger partial charge in [-0.15, -0.1) is 0 Å². The Hall–Kier alpha value is -2.33. The molecule has 104 valence electrons. The summed E-state index contributed by atoms with van der Waals surface area (Å²) in [7, 11) is 0. The molecule has 0 aliphatic heterocycles. The maximum absolute atomic E-state index is 11.5. The number of rotatable bonds is 6. The summed E-state index contributed by atoms with van der Waals surface area (Å²) in [6, 6.07) is 17.7. The number of carbonyl (C=O) groups is 1. The average molecular weight is 271 g/mol. The number of aliphatic hydroxyl groups excluding tert-OH is 1. The van der Waals surface area contributed by atoms with Crippen LogP contribution in [0.25, 0.3) is 0 Å². The summed E-state index contributed by atoms with van der Waals surface area (Å²) < 4.78 is 0. The zero-order chi connectivity index (χ0) is 14.4. The van der Waals surface area contributed by atoms with Crippen LogP contribution in [0.3, 0.4) is 0 Å². The molecule has 4 heteroatoms. The molecule has 0 aromatic heterocycles. The van der Waals surface area contributed by atoms with Crippen LogP contribution in [0.1, 0.15) is 5.56 Å². The standard InChI is InChI=1S/C16H17NO3/c18-12-17(14-9-5-2-6-10-14)15(16(19)20)11-13-7-3-1-4-8-13/h1-10,15,18H,11-12H2,(H,19,20). The Morgan fingerprint density at radius 1 is 1.00 bits per heavy atom. The molecule has 0 amide bonds. The molecule has 2 aromatic carbocycles. The van der Waals surface area contributed by atoms with Gasteiger partial charge in [0.2, 0.25) is 0 Å². The number of hydrogen-bond acceptors (Lipinski definition) is 3. The fraction of sp³-hybridized carbons (Fsp3) is 0.188. The van der Waals surface area contributed by atoms with Gasteiger partial charge in [0.05, 0.1) is 0 Å². The number of carboxylic acids is 1. The van der Waals surface area contributed by atoms with Crippen LogP contribution in [-0.2, 0) is 11.2 Å². The molecule has 0 radical (unpaired) electrons. The maximum atomic E-state index is 11.5. The number of hydrogen-bond donors (Lipinski definition) is 2. The first kappa shape index (κ1) is 14.1. The Morgan fingerprint density at radius 2 is 1.55 bits per heavy atom. The molecule has 0 saturated heterocycles. The van der Waals surface area contributed by atoms with E-state index in [0.717, 1.165) is 5.56 Å². The van der Waals surface area contributed by atoms with Gasteiger partial charge in [0, 0.05) is 12.1 Å². The average Bonchev–Trinajstić information content (AvgIpc) is 2.49. The monoisotopic (exact) mass is 271 g/mol. The van der Waals surface area contributed by atoms with Gasteiger partial charge in [-0.1, -0.05) is 48.5 Å². The Bertz CT molecular complexity index is 542. The first-order valence-electron chi connectivity index (χ1n) is 6.41. The van der Waals surface area contributed by atoms with E-state index in [1.807, 2.05) is 48.5 Å². The second-order valence-corrected chi connectivity index (χ2v) is 4.49. The first-order valence-corrected chi connectivity index (χ1v) is 6.41. The molecule has 1 unspecified atom stereocenters. The van der Waals surface area contributed by atoms with Crippen molar-refractivity contribution >= 4 is 11.7 Å². The minimum atomic E-state index is -0.952. The van der Waals surface area contributed by atoms with Gasteiger partial charge in [0.25, 0.3) is 0 Å². The molecule has 0 aliphatic carbocycles. The number of aliphatic carboxylic acids is 1. The molecule has 2 rings (SSSR count). The van der Waals surface area contributed by atoms with Crippen LogP contribution >= 0.6 is 0 Å². The summed E-state index contributed by atoms with van der Waals surface area (Å²) in [5.41, 5.74) is 1.62. The van der Waals surface area contributed by atoms with E-state index in [2.05, 4.69) is 0 Å². The molecule has 2 aromatic rings. The van der Waals surface area contributed by atoms with E-state index in [-0.39, 0.29) is 6.73 Å². The van der Waals surface area contributed by atoms with Gasteiger partial charge in [-0.25, -0.2) is 4.79 Å². The fourth-order valence-corrected chi connectivity index (χ4v) is 2.15. The summed E-state index contributed by atoms with van der Waals surface area (Å²) in [6.45, 7) is -0.339. The predicted molar refractivity (Wildman–Crippen MR) is 77.6 cm³/mol. The molecule has 2 N–H and O–H groups in total. The van der Waals surface area contributed by atoms with Crippen LogP contribution in [0.2, 0.25) is 0 Å². The molecule has 1 atom stereocenters. The van der Waals surface area contributed by atoms with Crippen molar-refractivity contribution in [3.63, 3.8) is 0 Å². The van der Waals surface area contributed by atoms with E-state index in [4.69, 9.17) is 0 Å². The lowest BCUT2D eigenvalue weighted by Crippen LogP contribution is -2.43. The highest BCUT2D eigenvalue weighted by Crippen LogP contribution is 2.18. The quantitative estimate of drug-likeness (QED) is 0.790. The van der Waals surface area contributed by atoms with E-state index >= 15 is 0 Å². The van der Waals surface area contributed by atoms with Crippen molar-refractivity contribution in [2.24, 2.45) is 0 Å². The van der Waals surface area contributed by atoms with Crippen LogP contribution in [0.15, 0.2) is 60.7 Å². The SMILES string of the molecule is O=C(O)C(Cc1ccccc1)N(CO)c1ccccc1. The summed E-state index contributed by atoms with van der Waals surface area (Å²) in [5.74, 6) is -0.952. The topological polar surface area (TPSA) is 60.8 Å². The molecular weight excluding hydrogens is 254 g/mol. The van der Waals surface area contributed by atoms with E-state index in [1.54, 1.807) is 12.1 Å². The Labute approximate surface area is 117 Å². The molecule has 0 heterocycles. The molecule has 0 fully saturated rings. The third-order valence-electron chi connectivity index (χ3n) is 3.17. The van der Waals surface area contributed by atoms with Gasteiger partial charge >= 0.3 is 5.97 Å². The zero-order valence-electron chi connectivity index (χ0n) is 11.0. The Morgan fingerprint density at radius 3 is 2.05 bits per heavy atom. The van der Waals surface area contributed by atoms with E-state index < -0.39 is 12.0 Å². The highest BCUT2D eigenvalue weighted by molar-refractivity contribution is 5.78. The second kappa shape index (κ2) is 6.73. The minimum Gasteiger partial charge on any atom is -0.480 e. The lowest BCUT2D eigenvalue weighted by molar-refractivity contribution is -0.138. The van der Waals surface area contributed by atoms with Crippen LogP contribution in [0, 0.1) is 0 Å². The number of nitrogens with zero attached hydrogens (tertiary/aromatic N) is 1. The largest absolute Gasteiger partial charge is 0.480 e. The van der Waals surface area contributed by atoms with Crippen molar-refractivity contribution in [1.29, 1.82) is 0 Å². The van der Waals surface area contributed by atoms with Gasteiger partial charge in [0.15, 0.2) is 0 Å². The number of aliphatic hydroxyl groups is 1. The van der Waals surface area contributed by atoms with Crippen molar-refractivity contribution in [2.45, 2.75) is 12.5 Å². The zero-order valence-corrected chi connectivity index (χ0v) is 11.0. The van der Waals surface area contributed by atoms with Crippen molar-refractivity contribution in [3.8, 4) is 0 Å². The molecule has 20 heavy (non-hydrogen) atoms. The Kier molecular flexibility index (Phi) is 4.74. The summed E-state index contributed by atoms with van der Waals surface area (Å²) in [5, 5.41) is 19.0. The van der Waals surface area contributed by atoms with Crippen LogP contribution in [0.5, 0.6) is 0 Å². The normalized spacial score (nSPS) is 11.8. The number of anilines is 1. The van der Waals surface area contributed by atoms with Gasteiger partial charge in [-0.05, 0) is 17.7 Å². The third-order valence-corrected chi connectivity index (χ3v) is 3.17. The highest BCUT2D eigenvalue weighted by Gasteiger charge is 2.25. The predicted octanol–water partition coefficient (Wildman–Crippen LogP) is 2.14. The molecular formula is C16H17NO3. The molecule has 0 spiro atoms. The lowest BCUT2D eigenvalue weighted by atomic mass is 10.0. The fourth-order valence-electron chi connectivity index (χ4n) is 2.15. The molecule has 4 nitrogen and oxygen atoms in total. The third kappa shape index (κ3) is 3.36. The summed E-state index contributed by atoms with van der Waals surface area (Å²) in [6.07, 6.45) is 0.339. The van der Waals surface area contributed by atoms with Crippen molar-refractivity contribution in [3.05, 3.63) is 66.2 Å². The van der Waals surface area contributed by atoms with Crippen molar-refractivity contribution in [1.82, 2.24) is 0 Å². The van der Waals surface area contributed by atoms with E-state index in [0.29, 0.717) is 12.1 Å². The van der Waals surface area contributed by atoms with Crippen LogP contribution < -0.4 is 4.90 Å². The summed E-state index contributed by atoms with van der Waals surface area (Å²) >= 11 is 0. The highest BCUT2D eigenvalue weighted by atomic mass is 16.4. The number of benzene rings is 2. The van der Waals surface area contributed by atoms with Gasteiger partial charge in [-0.2, -0.15) is 0 Å².